The average Bonchev–Trinajstić information content (AvgIpc) is 3.05. The van der Waals surface area contributed by atoms with Crippen LogP contribution in [0, 0.1) is 13.8 Å². The molecule has 2 heterocycles. The fraction of sp³-hybridized carbons (Fsp3) is 0.125. The van der Waals surface area contributed by atoms with Gasteiger partial charge in [0.25, 0.3) is 5.91 Å². The first-order valence-corrected chi connectivity index (χ1v) is 7.10. The molecule has 0 aliphatic carbocycles. The summed E-state index contributed by atoms with van der Waals surface area (Å²) in [6.45, 7) is 3.61. The lowest BCUT2D eigenvalue weighted by atomic mass is 10.2. The van der Waals surface area contributed by atoms with Crippen LogP contribution in [-0.2, 0) is 0 Å². The van der Waals surface area contributed by atoms with Crippen LogP contribution in [0.15, 0.2) is 47.1 Å². The summed E-state index contributed by atoms with van der Waals surface area (Å²) in [5, 5.41) is 7.85. The van der Waals surface area contributed by atoms with Gasteiger partial charge in [-0.1, -0.05) is 17.7 Å². The first kappa shape index (κ1) is 14.4. The van der Waals surface area contributed by atoms with E-state index in [0.29, 0.717) is 22.2 Å². The number of nitrogens with one attached hydrogen (secondary N) is 1. The Balaban J connectivity index is 1.95. The van der Waals surface area contributed by atoms with Gasteiger partial charge >= 0.3 is 0 Å². The highest BCUT2D eigenvalue weighted by atomic mass is 35.5. The Morgan fingerprint density at radius 1 is 1.27 bits per heavy atom. The highest BCUT2D eigenvalue weighted by Gasteiger charge is 2.15. The highest BCUT2D eigenvalue weighted by molar-refractivity contribution is 6.30. The number of benzene rings is 1. The molecule has 0 saturated carbocycles. The first-order chi connectivity index (χ1) is 10.5. The van der Waals surface area contributed by atoms with Gasteiger partial charge in [-0.15, -0.1) is 0 Å². The molecule has 6 heteroatoms. The predicted molar refractivity (Wildman–Crippen MR) is 84.7 cm³/mol. The SMILES string of the molecule is Cc1cc(NC(=O)c2ccoc2C)n(-c2cccc(Cl)c2)n1. The maximum Gasteiger partial charge on any atom is 0.260 e. The summed E-state index contributed by atoms with van der Waals surface area (Å²) in [4.78, 5) is 12.3. The zero-order valence-corrected chi connectivity index (χ0v) is 12.9. The van der Waals surface area contributed by atoms with Crippen molar-refractivity contribution in [2.75, 3.05) is 5.32 Å². The summed E-state index contributed by atoms with van der Waals surface area (Å²) in [6, 6.07) is 10.7. The molecule has 0 spiro atoms. The van der Waals surface area contributed by atoms with E-state index >= 15 is 0 Å². The molecule has 1 N–H and O–H groups in total. The Labute approximate surface area is 132 Å². The molecule has 5 nitrogen and oxygen atoms in total. The fourth-order valence-electron chi connectivity index (χ4n) is 2.20. The molecular weight excluding hydrogens is 302 g/mol. The molecule has 3 rings (SSSR count). The van der Waals surface area contributed by atoms with Gasteiger partial charge in [0.15, 0.2) is 0 Å². The number of aryl methyl sites for hydroxylation is 2. The molecule has 112 valence electrons. The third kappa shape index (κ3) is 2.76. The zero-order chi connectivity index (χ0) is 15.7. The molecule has 0 aliphatic rings. The van der Waals surface area contributed by atoms with E-state index in [-0.39, 0.29) is 5.91 Å². The van der Waals surface area contributed by atoms with E-state index in [4.69, 9.17) is 16.0 Å². The zero-order valence-electron chi connectivity index (χ0n) is 12.1. The number of aromatic nitrogens is 2. The van der Waals surface area contributed by atoms with Gasteiger partial charge in [-0.25, -0.2) is 4.68 Å². The Kier molecular flexibility index (Phi) is 3.73. The number of anilines is 1. The Hall–Kier alpha value is -2.53. The minimum Gasteiger partial charge on any atom is -0.469 e. The lowest BCUT2D eigenvalue weighted by Crippen LogP contribution is -2.15. The number of hydrogen-bond donors (Lipinski definition) is 1. The maximum atomic E-state index is 12.3. The van der Waals surface area contributed by atoms with Crippen LogP contribution in [0.4, 0.5) is 5.82 Å². The van der Waals surface area contributed by atoms with E-state index < -0.39 is 0 Å². The summed E-state index contributed by atoms with van der Waals surface area (Å²) in [5.41, 5.74) is 2.07. The van der Waals surface area contributed by atoms with E-state index in [9.17, 15) is 4.79 Å². The van der Waals surface area contributed by atoms with Crippen LogP contribution in [0.5, 0.6) is 0 Å². The number of carbonyl (C=O) groups excluding carboxylic acids is 1. The van der Waals surface area contributed by atoms with Gasteiger partial charge in [0.05, 0.1) is 23.2 Å². The molecule has 3 aromatic rings. The monoisotopic (exact) mass is 315 g/mol. The molecule has 0 fully saturated rings. The van der Waals surface area contributed by atoms with Gasteiger partial charge in [0.1, 0.15) is 11.6 Å². The van der Waals surface area contributed by atoms with Gasteiger partial charge in [0, 0.05) is 11.1 Å². The molecule has 0 unspecified atom stereocenters. The molecular formula is C16H14ClN3O2. The van der Waals surface area contributed by atoms with Crippen molar-refractivity contribution in [2.24, 2.45) is 0 Å². The topological polar surface area (TPSA) is 60.1 Å². The number of halogens is 1. The van der Waals surface area contributed by atoms with Gasteiger partial charge < -0.3 is 9.73 Å². The van der Waals surface area contributed by atoms with E-state index in [1.54, 1.807) is 35.9 Å². The third-order valence-electron chi connectivity index (χ3n) is 3.23. The summed E-state index contributed by atoms with van der Waals surface area (Å²) >= 11 is 6.02. The largest absolute Gasteiger partial charge is 0.469 e. The predicted octanol–water partition coefficient (Wildman–Crippen LogP) is 3.99. The second-order valence-corrected chi connectivity index (χ2v) is 5.34. The Bertz CT molecular complexity index is 836. The average molecular weight is 316 g/mol. The summed E-state index contributed by atoms with van der Waals surface area (Å²) in [5.74, 6) is 0.905. The second kappa shape index (κ2) is 5.69. The lowest BCUT2D eigenvalue weighted by Gasteiger charge is -2.09. The van der Waals surface area contributed by atoms with Crippen LogP contribution in [0.2, 0.25) is 5.02 Å². The summed E-state index contributed by atoms with van der Waals surface area (Å²) in [7, 11) is 0. The van der Waals surface area contributed by atoms with Crippen molar-refractivity contribution in [3.05, 3.63) is 64.7 Å². The van der Waals surface area contributed by atoms with E-state index in [1.165, 1.54) is 6.26 Å². The van der Waals surface area contributed by atoms with Crippen LogP contribution >= 0.6 is 11.6 Å². The van der Waals surface area contributed by atoms with Crippen LogP contribution in [-0.4, -0.2) is 15.7 Å². The van der Waals surface area contributed by atoms with E-state index in [1.807, 2.05) is 19.1 Å². The van der Waals surface area contributed by atoms with Gasteiger partial charge in [-0.05, 0) is 38.1 Å². The smallest absolute Gasteiger partial charge is 0.260 e. The number of rotatable bonds is 3. The van der Waals surface area contributed by atoms with Crippen LogP contribution in [0.1, 0.15) is 21.8 Å². The summed E-state index contributed by atoms with van der Waals surface area (Å²) in [6.07, 6.45) is 1.49. The normalized spacial score (nSPS) is 10.7. The molecule has 22 heavy (non-hydrogen) atoms. The minimum atomic E-state index is -0.241. The molecule has 1 aromatic carbocycles. The molecule has 0 saturated heterocycles. The second-order valence-electron chi connectivity index (χ2n) is 4.91. The number of furan rings is 1. The van der Waals surface area contributed by atoms with Crippen molar-refractivity contribution < 1.29 is 9.21 Å². The highest BCUT2D eigenvalue weighted by Crippen LogP contribution is 2.21. The van der Waals surface area contributed by atoms with Gasteiger partial charge in [0.2, 0.25) is 0 Å². The molecule has 2 aromatic heterocycles. The number of nitrogens with zero attached hydrogens (tertiary/aromatic N) is 2. The number of amides is 1. The standard InChI is InChI=1S/C16H14ClN3O2/c1-10-8-15(18-16(21)14-6-7-22-11(14)2)20(19-10)13-5-3-4-12(17)9-13/h3-9H,1-2H3,(H,18,21). The first-order valence-electron chi connectivity index (χ1n) is 6.72. The molecule has 1 amide bonds. The quantitative estimate of drug-likeness (QED) is 0.795. The molecule has 0 bridgehead atoms. The molecule has 0 radical (unpaired) electrons. The fourth-order valence-corrected chi connectivity index (χ4v) is 2.38. The van der Waals surface area contributed by atoms with Crippen molar-refractivity contribution in [3.8, 4) is 5.69 Å². The number of carbonyl (C=O) groups is 1. The summed E-state index contributed by atoms with van der Waals surface area (Å²) < 4.78 is 6.81. The van der Waals surface area contributed by atoms with Crippen molar-refractivity contribution in [1.29, 1.82) is 0 Å². The van der Waals surface area contributed by atoms with Gasteiger partial charge in [-0.2, -0.15) is 5.10 Å². The van der Waals surface area contributed by atoms with Crippen molar-refractivity contribution in [1.82, 2.24) is 9.78 Å². The minimum absolute atomic E-state index is 0.241. The van der Waals surface area contributed by atoms with Crippen molar-refractivity contribution >= 4 is 23.3 Å². The maximum absolute atomic E-state index is 12.3. The van der Waals surface area contributed by atoms with E-state index in [0.717, 1.165) is 11.4 Å². The number of hydrogen-bond acceptors (Lipinski definition) is 3. The van der Waals surface area contributed by atoms with Crippen molar-refractivity contribution in [2.45, 2.75) is 13.8 Å². The Morgan fingerprint density at radius 2 is 2.09 bits per heavy atom. The van der Waals surface area contributed by atoms with Crippen LogP contribution in [0.25, 0.3) is 5.69 Å². The van der Waals surface area contributed by atoms with Crippen molar-refractivity contribution in [3.63, 3.8) is 0 Å². The van der Waals surface area contributed by atoms with Gasteiger partial charge in [-0.3, -0.25) is 4.79 Å². The van der Waals surface area contributed by atoms with Crippen LogP contribution in [0.3, 0.4) is 0 Å². The van der Waals surface area contributed by atoms with Crippen LogP contribution < -0.4 is 5.32 Å². The van der Waals surface area contributed by atoms with E-state index in [2.05, 4.69) is 10.4 Å². The molecule has 0 aliphatic heterocycles. The lowest BCUT2D eigenvalue weighted by molar-refractivity contribution is 0.102. The Morgan fingerprint density at radius 3 is 2.77 bits per heavy atom. The molecule has 0 atom stereocenters. The third-order valence-corrected chi connectivity index (χ3v) is 3.46.